The van der Waals surface area contributed by atoms with Crippen molar-refractivity contribution in [1.82, 2.24) is 20.4 Å². The smallest absolute Gasteiger partial charge is 0.356 e. The number of benzene rings is 1. The minimum absolute atomic E-state index is 0.169. The maximum Gasteiger partial charge on any atom is 0.356 e. The summed E-state index contributed by atoms with van der Waals surface area (Å²) in [5, 5.41) is 20.0. The summed E-state index contributed by atoms with van der Waals surface area (Å²) in [5.41, 5.74) is 2.70. The van der Waals surface area contributed by atoms with Crippen LogP contribution in [0.5, 0.6) is 0 Å². The van der Waals surface area contributed by atoms with Gasteiger partial charge in [0, 0.05) is 17.5 Å². The Bertz CT molecular complexity index is 978. The van der Waals surface area contributed by atoms with Crippen molar-refractivity contribution in [2.45, 2.75) is 26.8 Å². The number of hydrogen-bond donors (Lipinski definition) is 3. The van der Waals surface area contributed by atoms with Crippen LogP contribution in [-0.4, -0.2) is 38.5 Å². The molecule has 0 unspecified atom stereocenters. The van der Waals surface area contributed by atoms with E-state index in [-0.39, 0.29) is 23.0 Å². The van der Waals surface area contributed by atoms with Gasteiger partial charge in [0.05, 0.1) is 23.9 Å². The molecule has 1 aliphatic rings. The minimum atomic E-state index is -1.20. The van der Waals surface area contributed by atoms with Crippen molar-refractivity contribution in [3.63, 3.8) is 0 Å². The van der Waals surface area contributed by atoms with Gasteiger partial charge in [-0.25, -0.2) is 14.3 Å². The molecule has 3 N–H and O–H groups in total. The quantitative estimate of drug-likeness (QED) is 0.518. The zero-order valence-corrected chi connectivity index (χ0v) is 16.5. The Morgan fingerprint density at radius 2 is 1.96 bits per heavy atom. The van der Waals surface area contributed by atoms with Crippen LogP contribution in [0.1, 0.15) is 41.5 Å². The van der Waals surface area contributed by atoms with Gasteiger partial charge in [-0.1, -0.05) is 17.7 Å². The van der Waals surface area contributed by atoms with Crippen LogP contribution >= 0.6 is 12.2 Å². The van der Waals surface area contributed by atoms with Crippen LogP contribution in [0, 0.1) is 6.92 Å². The van der Waals surface area contributed by atoms with Gasteiger partial charge < -0.3 is 20.5 Å². The molecule has 0 fully saturated rings. The zero-order valence-electron chi connectivity index (χ0n) is 15.6. The number of nitrogens with zero attached hydrogens (tertiary/aromatic N) is 2. The van der Waals surface area contributed by atoms with Crippen LogP contribution in [0.4, 0.5) is 0 Å². The number of carboxylic acid groups (broad SMARTS) is 1. The molecule has 0 amide bonds. The van der Waals surface area contributed by atoms with E-state index in [0.29, 0.717) is 16.9 Å². The summed E-state index contributed by atoms with van der Waals surface area (Å²) in [5.74, 6) is -1.75. The van der Waals surface area contributed by atoms with Crippen molar-refractivity contribution in [1.29, 1.82) is 0 Å². The van der Waals surface area contributed by atoms with Crippen LogP contribution in [0.15, 0.2) is 41.7 Å². The number of carboxylic acids is 1. The second kappa shape index (κ2) is 7.81. The molecule has 1 aliphatic heterocycles. The van der Waals surface area contributed by atoms with Gasteiger partial charge in [-0.3, -0.25) is 0 Å². The van der Waals surface area contributed by atoms with Gasteiger partial charge in [0.25, 0.3) is 0 Å². The summed E-state index contributed by atoms with van der Waals surface area (Å²) in [6.45, 7) is 5.55. The van der Waals surface area contributed by atoms with E-state index in [4.69, 9.17) is 17.0 Å². The van der Waals surface area contributed by atoms with Crippen molar-refractivity contribution in [3.05, 3.63) is 58.6 Å². The first-order chi connectivity index (χ1) is 13.3. The Balaban J connectivity index is 2.13. The number of carbonyl (C=O) groups is 2. The fraction of sp³-hybridized carbons (Fsp3) is 0.263. The highest BCUT2D eigenvalue weighted by Crippen LogP contribution is 2.30. The second-order valence-corrected chi connectivity index (χ2v) is 6.72. The SMILES string of the molecule is CCOC(=O)C1=C(C)NC(=S)N[C@@H]1c1cn(-c2ccc(C)cc2)nc1C(=O)O. The summed E-state index contributed by atoms with van der Waals surface area (Å²) in [7, 11) is 0. The van der Waals surface area contributed by atoms with Gasteiger partial charge >= 0.3 is 11.9 Å². The lowest BCUT2D eigenvalue weighted by Crippen LogP contribution is -2.45. The normalized spacial score (nSPS) is 16.4. The average molecular weight is 400 g/mol. The molecule has 0 saturated heterocycles. The lowest BCUT2D eigenvalue weighted by molar-refractivity contribution is -0.139. The van der Waals surface area contributed by atoms with E-state index in [2.05, 4.69) is 15.7 Å². The van der Waals surface area contributed by atoms with E-state index < -0.39 is 18.0 Å². The Morgan fingerprint density at radius 3 is 2.57 bits per heavy atom. The van der Waals surface area contributed by atoms with E-state index in [1.165, 1.54) is 4.68 Å². The van der Waals surface area contributed by atoms with Crippen LogP contribution in [0.2, 0.25) is 0 Å². The molecule has 1 atom stereocenters. The monoisotopic (exact) mass is 400 g/mol. The minimum Gasteiger partial charge on any atom is -0.476 e. The summed E-state index contributed by atoms with van der Waals surface area (Å²) >= 11 is 5.20. The molecule has 0 bridgehead atoms. The fourth-order valence-corrected chi connectivity index (χ4v) is 3.27. The molecule has 3 rings (SSSR count). The number of aromatic nitrogens is 2. The van der Waals surface area contributed by atoms with Gasteiger partial charge in [-0.05, 0) is 45.1 Å². The summed E-state index contributed by atoms with van der Waals surface area (Å²) in [4.78, 5) is 24.4. The zero-order chi connectivity index (χ0) is 20.4. The molecule has 0 radical (unpaired) electrons. The van der Waals surface area contributed by atoms with Crippen molar-refractivity contribution in [2.75, 3.05) is 6.61 Å². The first-order valence-electron chi connectivity index (χ1n) is 8.67. The largest absolute Gasteiger partial charge is 0.476 e. The van der Waals surface area contributed by atoms with Crippen LogP contribution in [-0.2, 0) is 9.53 Å². The van der Waals surface area contributed by atoms with E-state index in [1.807, 2.05) is 31.2 Å². The lowest BCUT2D eigenvalue weighted by atomic mass is 9.96. The third kappa shape index (κ3) is 3.74. The van der Waals surface area contributed by atoms with E-state index >= 15 is 0 Å². The Hall–Kier alpha value is -3.20. The number of thiocarbonyl (C=S) groups is 1. The summed E-state index contributed by atoms with van der Waals surface area (Å²) in [6.07, 6.45) is 1.59. The fourth-order valence-electron chi connectivity index (χ4n) is 3.00. The topological polar surface area (TPSA) is 105 Å². The Morgan fingerprint density at radius 1 is 1.29 bits per heavy atom. The summed E-state index contributed by atoms with van der Waals surface area (Å²) < 4.78 is 6.62. The number of carbonyl (C=O) groups excluding carboxylic acids is 1. The van der Waals surface area contributed by atoms with E-state index in [0.717, 1.165) is 5.56 Å². The number of ether oxygens (including phenoxy) is 1. The second-order valence-electron chi connectivity index (χ2n) is 6.31. The van der Waals surface area contributed by atoms with Crippen molar-refractivity contribution < 1.29 is 19.4 Å². The first-order valence-corrected chi connectivity index (χ1v) is 9.08. The maximum atomic E-state index is 12.5. The third-order valence-corrected chi connectivity index (χ3v) is 4.54. The number of aromatic carboxylic acids is 1. The van der Waals surface area contributed by atoms with Gasteiger partial charge in [-0.15, -0.1) is 0 Å². The number of allylic oxidation sites excluding steroid dienone is 1. The van der Waals surface area contributed by atoms with Crippen molar-refractivity contribution >= 4 is 29.3 Å². The van der Waals surface area contributed by atoms with Crippen LogP contribution < -0.4 is 10.6 Å². The molecule has 28 heavy (non-hydrogen) atoms. The molecule has 9 heteroatoms. The molecular formula is C19H20N4O4S. The highest BCUT2D eigenvalue weighted by Gasteiger charge is 2.35. The van der Waals surface area contributed by atoms with E-state index in [1.54, 1.807) is 20.0 Å². The van der Waals surface area contributed by atoms with Gasteiger partial charge in [0.15, 0.2) is 10.8 Å². The molecule has 0 aliphatic carbocycles. The van der Waals surface area contributed by atoms with Crippen molar-refractivity contribution in [3.8, 4) is 5.69 Å². The number of nitrogens with one attached hydrogen (secondary N) is 2. The Labute approximate surface area is 167 Å². The maximum absolute atomic E-state index is 12.5. The van der Waals surface area contributed by atoms with Crippen molar-refractivity contribution in [2.24, 2.45) is 0 Å². The number of hydrogen-bond acceptors (Lipinski definition) is 5. The summed E-state index contributed by atoms with van der Waals surface area (Å²) in [6, 6.07) is 6.70. The van der Waals surface area contributed by atoms with E-state index in [9.17, 15) is 14.7 Å². The molecule has 8 nitrogen and oxygen atoms in total. The molecule has 146 valence electrons. The highest BCUT2D eigenvalue weighted by molar-refractivity contribution is 7.80. The van der Waals surface area contributed by atoms with Gasteiger partial charge in [0.1, 0.15) is 0 Å². The lowest BCUT2D eigenvalue weighted by Gasteiger charge is -2.29. The predicted octanol–water partition coefficient (Wildman–Crippen LogP) is 2.23. The number of esters is 1. The standard InChI is InChI=1S/C19H20N4O4S/c1-4-27-18(26)14-11(3)20-19(28)21-15(14)13-9-23(22-16(13)17(24)25)12-7-5-10(2)6-8-12/h5-9,15H,4H2,1-3H3,(H,24,25)(H2,20,21,28)/t15-/m1/s1. The molecule has 0 spiro atoms. The molecular weight excluding hydrogens is 380 g/mol. The number of aryl methyl sites for hydroxylation is 1. The molecule has 0 saturated carbocycles. The van der Waals surface area contributed by atoms with Crippen LogP contribution in [0.3, 0.4) is 0 Å². The highest BCUT2D eigenvalue weighted by atomic mass is 32.1. The predicted molar refractivity (Wildman–Crippen MR) is 106 cm³/mol. The van der Waals surface area contributed by atoms with Gasteiger partial charge in [-0.2, -0.15) is 5.10 Å². The third-order valence-electron chi connectivity index (χ3n) is 4.32. The number of rotatable bonds is 5. The molecule has 2 heterocycles. The average Bonchev–Trinajstić information content (AvgIpc) is 3.07. The Kier molecular flexibility index (Phi) is 5.46. The first kappa shape index (κ1) is 19.6. The molecule has 1 aromatic heterocycles. The molecule has 1 aromatic carbocycles. The van der Waals surface area contributed by atoms with Crippen LogP contribution in [0.25, 0.3) is 5.69 Å². The van der Waals surface area contributed by atoms with Gasteiger partial charge in [0.2, 0.25) is 0 Å². The molecule has 2 aromatic rings.